The minimum atomic E-state index is -3.01. The molecule has 0 bridgehead atoms. The van der Waals surface area contributed by atoms with Crippen molar-refractivity contribution in [1.29, 1.82) is 0 Å². The Hall–Kier alpha value is -0.880. The third-order valence-corrected chi connectivity index (χ3v) is 4.89. The standard InChI is InChI=1S/C12H23N3O2S/c1-5-13-12(10(2)18(4,16)17)7-6-11-8-14-15(3)9-11/h8-10,12-13H,5-7H2,1-4H3. The van der Waals surface area contributed by atoms with Crippen molar-refractivity contribution in [2.24, 2.45) is 7.05 Å². The van der Waals surface area contributed by atoms with Crippen molar-refractivity contribution in [3.05, 3.63) is 18.0 Å². The van der Waals surface area contributed by atoms with Crippen molar-refractivity contribution in [2.45, 2.75) is 38.0 Å². The maximum Gasteiger partial charge on any atom is 0.151 e. The third kappa shape index (κ3) is 4.42. The Morgan fingerprint density at radius 2 is 2.17 bits per heavy atom. The highest BCUT2D eigenvalue weighted by atomic mass is 32.2. The Morgan fingerprint density at radius 3 is 2.61 bits per heavy atom. The molecule has 0 aromatic carbocycles. The van der Waals surface area contributed by atoms with Crippen LogP contribution < -0.4 is 5.32 Å². The van der Waals surface area contributed by atoms with Gasteiger partial charge >= 0.3 is 0 Å². The molecule has 0 spiro atoms. The fourth-order valence-electron chi connectivity index (χ4n) is 1.99. The molecule has 0 fully saturated rings. The van der Waals surface area contributed by atoms with Crippen LogP contribution in [0.5, 0.6) is 0 Å². The summed E-state index contributed by atoms with van der Waals surface area (Å²) < 4.78 is 25.0. The van der Waals surface area contributed by atoms with E-state index in [9.17, 15) is 8.42 Å². The predicted octanol–water partition coefficient (Wildman–Crippen LogP) is 0.764. The number of hydrogen-bond acceptors (Lipinski definition) is 4. The lowest BCUT2D eigenvalue weighted by atomic mass is 10.1. The SMILES string of the molecule is CCNC(CCc1cnn(C)c1)C(C)S(C)(=O)=O. The minimum Gasteiger partial charge on any atom is -0.313 e. The van der Waals surface area contributed by atoms with E-state index in [1.807, 2.05) is 26.4 Å². The Kier molecular flexibility index (Phi) is 5.34. The zero-order valence-corrected chi connectivity index (χ0v) is 12.4. The molecule has 1 heterocycles. The molecule has 1 rings (SSSR count). The van der Waals surface area contributed by atoms with Crippen molar-refractivity contribution < 1.29 is 8.42 Å². The molecule has 104 valence electrons. The van der Waals surface area contributed by atoms with Crippen LogP contribution in [0, 0.1) is 0 Å². The average molecular weight is 273 g/mol. The van der Waals surface area contributed by atoms with E-state index in [2.05, 4.69) is 10.4 Å². The van der Waals surface area contributed by atoms with Gasteiger partial charge in [-0.25, -0.2) is 8.42 Å². The van der Waals surface area contributed by atoms with Crippen LogP contribution in [0.25, 0.3) is 0 Å². The van der Waals surface area contributed by atoms with Gasteiger partial charge in [-0.15, -0.1) is 0 Å². The second-order valence-corrected chi connectivity index (χ2v) is 7.16. The van der Waals surface area contributed by atoms with Gasteiger partial charge in [-0.1, -0.05) is 6.92 Å². The van der Waals surface area contributed by atoms with E-state index >= 15 is 0 Å². The summed E-state index contributed by atoms with van der Waals surface area (Å²) in [5.41, 5.74) is 1.14. The first-order valence-electron chi connectivity index (χ1n) is 6.24. The van der Waals surface area contributed by atoms with Crippen molar-refractivity contribution in [3.63, 3.8) is 0 Å². The topological polar surface area (TPSA) is 64.0 Å². The zero-order valence-electron chi connectivity index (χ0n) is 11.5. The van der Waals surface area contributed by atoms with Crippen molar-refractivity contribution >= 4 is 9.84 Å². The van der Waals surface area contributed by atoms with Crippen LogP contribution in [0.15, 0.2) is 12.4 Å². The van der Waals surface area contributed by atoms with E-state index in [0.717, 1.165) is 24.9 Å². The number of nitrogens with zero attached hydrogens (tertiary/aromatic N) is 2. The number of rotatable bonds is 7. The Balaban J connectivity index is 2.63. The van der Waals surface area contributed by atoms with Gasteiger partial charge in [0.2, 0.25) is 0 Å². The highest BCUT2D eigenvalue weighted by Crippen LogP contribution is 2.12. The Bertz CT molecular complexity index is 467. The van der Waals surface area contributed by atoms with Gasteiger partial charge in [-0.2, -0.15) is 5.10 Å². The summed E-state index contributed by atoms with van der Waals surface area (Å²) in [5.74, 6) is 0. The van der Waals surface area contributed by atoms with Crippen LogP contribution >= 0.6 is 0 Å². The monoisotopic (exact) mass is 273 g/mol. The lowest BCUT2D eigenvalue weighted by molar-refractivity contribution is 0.470. The summed E-state index contributed by atoms with van der Waals surface area (Å²) in [7, 11) is -1.13. The van der Waals surface area contributed by atoms with Gasteiger partial charge in [0.1, 0.15) is 0 Å². The fraction of sp³-hybridized carbons (Fsp3) is 0.750. The summed E-state index contributed by atoms with van der Waals surface area (Å²) in [6, 6.07) is -0.00907. The number of hydrogen-bond donors (Lipinski definition) is 1. The molecule has 0 saturated carbocycles. The van der Waals surface area contributed by atoms with Gasteiger partial charge in [0.15, 0.2) is 9.84 Å². The van der Waals surface area contributed by atoms with Crippen LogP contribution in [0.2, 0.25) is 0 Å². The molecule has 1 aromatic heterocycles. The van der Waals surface area contributed by atoms with Crippen LogP contribution in [0.3, 0.4) is 0 Å². The van der Waals surface area contributed by atoms with Crippen LogP contribution in [0.1, 0.15) is 25.8 Å². The van der Waals surface area contributed by atoms with Gasteiger partial charge in [-0.05, 0) is 31.9 Å². The van der Waals surface area contributed by atoms with E-state index in [0.29, 0.717) is 0 Å². The molecule has 2 atom stereocenters. The maximum atomic E-state index is 11.6. The molecular formula is C12H23N3O2S. The Morgan fingerprint density at radius 1 is 1.50 bits per heavy atom. The van der Waals surface area contributed by atoms with Gasteiger partial charge in [0, 0.05) is 25.5 Å². The van der Waals surface area contributed by atoms with E-state index in [-0.39, 0.29) is 11.3 Å². The molecule has 18 heavy (non-hydrogen) atoms. The van der Waals surface area contributed by atoms with E-state index in [4.69, 9.17) is 0 Å². The van der Waals surface area contributed by atoms with E-state index < -0.39 is 9.84 Å². The predicted molar refractivity (Wildman–Crippen MR) is 73.3 cm³/mol. The van der Waals surface area contributed by atoms with Crippen molar-refractivity contribution in [3.8, 4) is 0 Å². The highest BCUT2D eigenvalue weighted by Gasteiger charge is 2.24. The summed E-state index contributed by atoms with van der Waals surface area (Å²) in [5, 5.41) is 7.01. The van der Waals surface area contributed by atoms with Crippen LogP contribution in [-0.4, -0.2) is 42.3 Å². The summed E-state index contributed by atoms with van der Waals surface area (Å²) in [4.78, 5) is 0. The zero-order chi connectivity index (χ0) is 13.8. The molecule has 2 unspecified atom stereocenters. The van der Waals surface area contributed by atoms with Gasteiger partial charge < -0.3 is 5.32 Å². The van der Waals surface area contributed by atoms with E-state index in [1.54, 1.807) is 11.6 Å². The number of sulfone groups is 1. The largest absolute Gasteiger partial charge is 0.313 e. The summed E-state index contributed by atoms with van der Waals surface area (Å²) in [6.07, 6.45) is 6.73. The molecular weight excluding hydrogens is 250 g/mol. The lowest BCUT2D eigenvalue weighted by Gasteiger charge is -2.23. The normalized spacial score (nSPS) is 15.6. The summed E-state index contributed by atoms with van der Waals surface area (Å²) >= 11 is 0. The fourth-order valence-corrected chi connectivity index (χ4v) is 2.82. The Labute approximate surface area is 109 Å². The molecule has 0 amide bonds. The number of nitrogens with one attached hydrogen (secondary N) is 1. The first-order chi connectivity index (χ1) is 8.34. The van der Waals surface area contributed by atoms with Gasteiger partial charge in [0.25, 0.3) is 0 Å². The first-order valence-corrected chi connectivity index (χ1v) is 8.19. The summed E-state index contributed by atoms with van der Waals surface area (Å²) in [6.45, 7) is 4.54. The molecule has 5 nitrogen and oxygen atoms in total. The maximum absolute atomic E-state index is 11.6. The molecule has 6 heteroatoms. The second-order valence-electron chi connectivity index (χ2n) is 4.76. The average Bonchev–Trinajstić information content (AvgIpc) is 2.68. The van der Waals surface area contributed by atoms with E-state index in [1.165, 1.54) is 6.26 Å². The molecule has 1 N–H and O–H groups in total. The van der Waals surface area contributed by atoms with Crippen molar-refractivity contribution in [1.82, 2.24) is 15.1 Å². The second kappa shape index (κ2) is 6.33. The van der Waals surface area contributed by atoms with Crippen molar-refractivity contribution in [2.75, 3.05) is 12.8 Å². The smallest absolute Gasteiger partial charge is 0.151 e. The molecule has 1 aromatic rings. The van der Waals surface area contributed by atoms with Gasteiger partial charge in [0.05, 0.1) is 11.4 Å². The molecule has 0 aliphatic carbocycles. The quantitative estimate of drug-likeness (QED) is 0.797. The number of aryl methyl sites for hydroxylation is 2. The third-order valence-electron chi connectivity index (χ3n) is 3.21. The lowest BCUT2D eigenvalue weighted by Crippen LogP contribution is -2.42. The first kappa shape index (κ1) is 15.2. The van der Waals surface area contributed by atoms with Gasteiger partial charge in [-0.3, -0.25) is 4.68 Å². The number of aromatic nitrogens is 2. The molecule has 0 aliphatic heterocycles. The highest BCUT2D eigenvalue weighted by molar-refractivity contribution is 7.91. The van der Waals surface area contributed by atoms with Crippen LogP contribution in [0.4, 0.5) is 0 Å². The minimum absolute atomic E-state index is 0.00907. The molecule has 0 saturated heterocycles. The molecule has 0 aliphatic rings. The molecule has 0 radical (unpaired) electrons. The van der Waals surface area contributed by atoms with Crippen LogP contribution in [-0.2, 0) is 23.3 Å².